The van der Waals surface area contributed by atoms with Crippen LogP contribution >= 0.6 is 11.6 Å². The van der Waals surface area contributed by atoms with E-state index in [9.17, 15) is 4.79 Å². The van der Waals surface area contributed by atoms with Crippen molar-refractivity contribution in [2.45, 2.75) is 32.7 Å². The van der Waals surface area contributed by atoms with Gasteiger partial charge in [0.25, 0.3) is 5.91 Å². The summed E-state index contributed by atoms with van der Waals surface area (Å²) >= 11 is 6.11. The van der Waals surface area contributed by atoms with Crippen LogP contribution in [0.15, 0.2) is 48.5 Å². The summed E-state index contributed by atoms with van der Waals surface area (Å²) in [5.41, 5.74) is 2.34. The Morgan fingerprint density at radius 2 is 2.11 bits per heavy atom. The third-order valence-electron chi connectivity index (χ3n) is 4.59. The predicted octanol–water partition coefficient (Wildman–Crippen LogP) is 3.86. The van der Waals surface area contributed by atoms with Gasteiger partial charge in [0.15, 0.2) is 6.10 Å². The molecule has 0 aromatic heterocycles. The first-order chi connectivity index (χ1) is 13.5. The topological polar surface area (TPSA) is 48.0 Å². The smallest absolute Gasteiger partial charge is 0.263 e. The number of carbonyl (C=O) groups excluding carboxylic acids is 1. The molecule has 2 atom stereocenters. The summed E-state index contributed by atoms with van der Waals surface area (Å²) < 4.78 is 17.3. The Morgan fingerprint density at radius 3 is 2.89 bits per heavy atom. The van der Waals surface area contributed by atoms with Crippen molar-refractivity contribution in [2.75, 3.05) is 26.3 Å². The van der Waals surface area contributed by atoms with Crippen LogP contribution in [-0.2, 0) is 20.9 Å². The Morgan fingerprint density at radius 1 is 1.29 bits per heavy atom. The van der Waals surface area contributed by atoms with Gasteiger partial charge in [-0.2, -0.15) is 0 Å². The summed E-state index contributed by atoms with van der Waals surface area (Å²) in [4.78, 5) is 14.5. The van der Waals surface area contributed by atoms with E-state index in [-0.39, 0.29) is 12.0 Å². The Balaban J connectivity index is 1.48. The number of para-hydroxylation sites is 1. The molecule has 1 saturated heterocycles. The van der Waals surface area contributed by atoms with Crippen LogP contribution < -0.4 is 4.74 Å². The van der Waals surface area contributed by atoms with Crippen molar-refractivity contribution < 1.29 is 19.0 Å². The van der Waals surface area contributed by atoms with Crippen LogP contribution in [0.4, 0.5) is 0 Å². The largest absolute Gasteiger partial charge is 0.479 e. The molecule has 1 aliphatic rings. The molecule has 6 heteroatoms. The zero-order valence-corrected chi connectivity index (χ0v) is 17.0. The van der Waals surface area contributed by atoms with E-state index in [2.05, 4.69) is 19.1 Å². The number of aryl methyl sites for hydroxylation is 1. The number of halogens is 1. The van der Waals surface area contributed by atoms with Crippen LogP contribution in [0, 0.1) is 6.92 Å². The van der Waals surface area contributed by atoms with Gasteiger partial charge < -0.3 is 19.1 Å². The molecular formula is C22H26ClNO4. The van der Waals surface area contributed by atoms with Crippen molar-refractivity contribution in [2.24, 2.45) is 0 Å². The zero-order valence-electron chi connectivity index (χ0n) is 16.3. The Bertz CT molecular complexity index is 798. The van der Waals surface area contributed by atoms with Gasteiger partial charge in [-0.1, -0.05) is 53.6 Å². The molecule has 2 aromatic carbocycles. The molecule has 0 aliphatic carbocycles. The molecule has 5 nitrogen and oxygen atoms in total. The third kappa shape index (κ3) is 5.71. The minimum Gasteiger partial charge on any atom is -0.479 e. The number of benzene rings is 2. The van der Waals surface area contributed by atoms with Crippen LogP contribution in [0.5, 0.6) is 5.75 Å². The van der Waals surface area contributed by atoms with Crippen LogP contribution in [-0.4, -0.2) is 49.3 Å². The molecule has 150 valence electrons. The second-order valence-electron chi connectivity index (χ2n) is 6.97. The van der Waals surface area contributed by atoms with Crippen molar-refractivity contribution >= 4 is 17.5 Å². The lowest BCUT2D eigenvalue weighted by atomic mass is 10.1. The molecule has 0 radical (unpaired) electrons. The average molecular weight is 404 g/mol. The molecule has 2 aromatic rings. The number of amides is 1. The van der Waals surface area contributed by atoms with Gasteiger partial charge in [-0.05, 0) is 31.5 Å². The summed E-state index contributed by atoms with van der Waals surface area (Å²) in [5, 5.41) is 0.492. The lowest BCUT2D eigenvalue weighted by molar-refractivity contribution is -0.148. The molecule has 0 spiro atoms. The fourth-order valence-corrected chi connectivity index (χ4v) is 3.35. The first-order valence-electron chi connectivity index (χ1n) is 9.48. The monoisotopic (exact) mass is 403 g/mol. The number of carbonyl (C=O) groups is 1. The number of ether oxygens (including phenoxy) is 3. The molecule has 0 unspecified atom stereocenters. The van der Waals surface area contributed by atoms with Gasteiger partial charge in [-0.3, -0.25) is 4.79 Å². The quantitative estimate of drug-likeness (QED) is 0.704. The highest BCUT2D eigenvalue weighted by Crippen LogP contribution is 2.24. The fraction of sp³-hybridized carbons (Fsp3) is 0.409. The van der Waals surface area contributed by atoms with E-state index in [1.54, 1.807) is 24.0 Å². The minimum absolute atomic E-state index is 0.0769. The molecule has 0 N–H and O–H groups in total. The average Bonchev–Trinajstić information content (AvgIpc) is 2.69. The van der Waals surface area contributed by atoms with Crippen LogP contribution in [0.25, 0.3) is 0 Å². The Labute approximate surface area is 171 Å². The van der Waals surface area contributed by atoms with Gasteiger partial charge in [0.1, 0.15) is 5.75 Å². The van der Waals surface area contributed by atoms with Crippen LogP contribution in [0.2, 0.25) is 5.02 Å². The van der Waals surface area contributed by atoms with E-state index in [0.717, 1.165) is 5.56 Å². The van der Waals surface area contributed by atoms with E-state index in [4.69, 9.17) is 25.8 Å². The maximum atomic E-state index is 12.8. The number of rotatable bonds is 7. The number of hydrogen-bond donors (Lipinski definition) is 0. The molecule has 3 rings (SSSR count). The van der Waals surface area contributed by atoms with E-state index < -0.39 is 6.10 Å². The van der Waals surface area contributed by atoms with E-state index in [0.29, 0.717) is 43.7 Å². The van der Waals surface area contributed by atoms with Crippen molar-refractivity contribution in [3.63, 3.8) is 0 Å². The SMILES string of the molecule is Cc1cccc(COC[C@H]2CN(C(=O)[C@@H](C)Oc3ccccc3Cl)CCO2)c1. The standard InChI is InChI=1S/C22H26ClNO4/c1-16-6-5-7-18(12-16)14-26-15-19-13-24(10-11-27-19)22(25)17(2)28-21-9-4-3-8-20(21)23/h3-9,12,17,19H,10-11,13-15H2,1-2H3/t17-,19-/m1/s1. The fourth-order valence-electron chi connectivity index (χ4n) is 3.17. The van der Waals surface area contributed by atoms with Gasteiger partial charge in [0, 0.05) is 13.1 Å². The maximum Gasteiger partial charge on any atom is 0.263 e. The van der Waals surface area contributed by atoms with Gasteiger partial charge in [0.2, 0.25) is 0 Å². The van der Waals surface area contributed by atoms with Gasteiger partial charge in [-0.15, -0.1) is 0 Å². The van der Waals surface area contributed by atoms with E-state index >= 15 is 0 Å². The molecule has 1 heterocycles. The van der Waals surface area contributed by atoms with Crippen molar-refractivity contribution in [1.29, 1.82) is 0 Å². The molecule has 0 bridgehead atoms. The van der Waals surface area contributed by atoms with Gasteiger partial charge in [0.05, 0.1) is 30.9 Å². The predicted molar refractivity (Wildman–Crippen MR) is 109 cm³/mol. The van der Waals surface area contributed by atoms with Crippen molar-refractivity contribution in [3.05, 3.63) is 64.7 Å². The highest BCUT2D eigenvalue weighted by Gasteiger charge is 2.28. The normalized spacial score (nSPS) is 18.0. The Kier molecular flexibility index (Phi) is 7.31. The highest BCUT2D eigenvalue weighted by atomic mass is 35.5. The first-order valence-corrected chi connectivity index (χ1v) is 9.85. The number of nitrogens with zero attached hydrogens (tertiary/aromatic N) is 1. The summed E-state index contributed by atoms with van der Waals surface area (Å²) in [7, 11) is 0. The molecule has 1 amide bonds. The lowest BCUT2D eigenvalue weighted by Gasteiger charge is -2.34. The first kappa shape index (κ1) is 20.6. The number of morpholine rings is 1. The van der Waals surface area contributed by atoms with Crippen molar-refractivity contribution in [3.8, 4) is 5.75 Å². The Hall–Kier alpha value is -2.08. The second kappa shape index (κ2) is 9.92. The van der Waals surface area contributed by atoms with Gasteiger partial charge >= 0.3 is 0 Å². The van der Waals surface area contributed by atoms with Crippen molar-refractivity contribution in [1.82, 2.24) is 4.90 Å². The van der Waals surface area contributed by atoms with Crippen LogP contribution in [0.1, 0.15) is 18.1 Å². The van der Waals surface area contributed by atoms with Gasteiger partial charge in [-0.25, -0.2) is 0 Å². The van der Waals surface area contributed by atoms with E-state index in [1.165, 1.54) is 5.56 Å². The number of hydrogen-bond acceptors (Lipinski definition) is 4. The highest BCUT2D eigenvalue weighted by molar-refractivity contribution is 6.32. The maximum absolute atomic E-state index is 12.8. The van der Waals surface area contributed by atoms with Crippen LogP contribution in [0.3, 0.4) is 0 Å². The summed E-state index contributed by atoms with van der Waals surface area (Å²) in [6.45, 7) is 6.29. The molecular weight excluding hydrogens is 378 g/mol. The summed E-state index contributed by atoms with van der Waals surface area (Å²) in [6.07, 6.45) is -0.762. The minimum atomic E-state index is -0.619. The lowest BCUT2D eigenvalue weighted by Crippen LogP contribution is -2.50. The summed E-state index contributed by atoms with van der Waals surface area (Å²) in [6, 6.07) is 15.4. The summed E-state index contributed by atoms with van der Waals surface area (Å²) in [5.74, 6) is 0.434. The molecule has 1 aliphatic heterocycles. The second-order valence-corrected chi connectivity index (χ2v) is 7.38. The van der Waals surface area contributed by atoms with E-state index in [1.807, 2.05) is 24.3 Å². The molecule has 1 fully saturated rings. The molecule has 28 heavy (non-hydrogen) atoms. The zero-order chi connectivity index (χ0) is 19.9. The third-order valence-corrected chi connectivity index (χ3v) is 4.91. The molecule has 0 saturated carbocycles.